The summed E-state index contributed by atoms with van der Waals surface area (Å²) in [6.07, 6.45) is 0.539. The Balaban J connectivity index is 1.82. The number of hydrogen-bond donors (Lipinski definition) is 0. The molecule has 33 heavy (non-hydrogen) atoms. The maximum absolute atomic E-state index is 14.4. The van der Waals surface area contributed by atoms with Gasteiger partial charge in [0.15, 0.2) is 0 Å². The molecule has 0 aliphatic carbocycles. The lowest BCUT2D eigenvalue weighted by Gasteiger charge is -2.43. The molecule has 1 aliphatic heterocycles. The molecule has 7 heteroatoms. The zero-order valence-electron chi connectivity index (χ0n) is 18.3. The van der Waals surface area contributed by atoms with E-state index in [0.29, 0.717) is 28.9 Å². The van der Waals surface area contributed by atoms with Crippen molar-refractivity contribution in [1.82, 2.24) is 0 Å². The fourth-order valence-electron chi connectivity index (χ4n) is 4.36. The molecule has 1 aliphatic rings. The molecular formula is C26H23F3N2O2. The van der Waals surface area contributed by atoms with Gasteiger partial charge in [-0.15, -0.1) is 0 Å². The van der Waals surface area contributed by atoms with Crippen molar-refractivity contribution in [3.63, 3.8) is 0 Å². The van der Waals surface area contributed by atoms with Crippen molar-refractivity contribution in [2.45, 2.75) is 38.8 Å². The Morgan fingerprint density at radius 2 is 1.48 bits per heavy atom. The van der Waals surface area contributed by atoms with Crippen molar-refractivity contribution in [3.8, 4) is 0 Å². The van der Waals surface area contributed by atoms with Crippen LogP contribution in [0.3, 0.4) is 0 Å². The zero-order valence-corrected chi connectivity index (χ0v) is 18.3. The van der Waals surface area contributed by atoms with Gasteiger partial charge in [0, 0.05) is 35.0 Å². The quantitative estimate of drug-likeness (QED) is 0.485. The number of halogens is 3. The van der Waals surface area contributed by atoms with Gasteiger partial charge in [0.05, 0.1) is 6.04 Å². The molecule has 2 amide bonds. The molecule has 0 spiro atoms. The van der Waals surface area contributed by atoms with E-state index in [2.05, 4.69) is 0 Å². The Kier molecular flexibility index (Phi) is 6.22. The van der Waals surface area contributed by atoms with Crippen molar-refractivity contribution >= 4 is 23.2 Å². The number of amides is 2. The molecule has 4 rings (SSSR count). The van der Waals surface area contributed by atoms with E-state index in [4.69, 9.17) is 0 Å². The van der Waals surface area contributed by atoms with Crippen LogP contribution < -0.4 is 9.80 Å². The molecule has 0 bridgehead atoms. The summed E-state index contributed by atoms with van der Waals surface area (Å²) in [5.41, 5.74) is 1.76. The number of nitrogens with zero attached hydrogens (tertiary/aromatic N) is 2. The van der Waals surface area contributed by atoms with E-state index in [0.717, 1.165) is 0 Å². The SMILES string of the molecule is CCC(=O)N(c1ccc(F)cc1)[C@H]1C[C@@H](C)N(C(=O)c2ccc(F)cc2)c2ccc(F)cc21. The molecule has 1 heterocycles. The number of benzene rings is 3. The third-order valence-electron chi connectivity index (χ3n) is 5.91. The van der Waals surface area contributed by atoms with Gasteiger partial charge in [0.1, 0.15) is 17.5 Å². The number of fused-ring (bicyclic) bond motifs is 1. The molecule has 4 nitrogen and oxygen atoms in total. The third kappa shape index (κ3) is 4.35. The zero-order chi connectivity index (χ0) is 23.7. The van der Waals surface area contributed by atoms with Gasteiger partial charge in [0.25, 0.3) is 5.91 Å². The van der Waals surface area contributed by atoms with E-state index in [-0.39, 0.29) is 24.3 Å². The van der Waals surface area contributed by atoms with Crippen LogP contribution >= 0.6 is 0 Å². The number of rotatable bonds is 4. The highest BCUT2D eigenvalue weighted by Crippen LogP contribution is 2.43. The average molecular weight is 452 g/mol. The second-order valence-electron chi connectivity index (χ2n) is 8.08. The summed E-state index contributed by atoms with van der Waals surface area (Å²) in [7, 11) is 0. The summed E-state index contributed by atoms with van der Waals surface area (Å²) >= 11 is 0. The van der Waals surface area contributed by atoms with E-state index < -0.39 is 23.5 Å². The number of hydrogen-bond acceptors (Lipinski definition) is 2. The molecule has 0 saturated carbocycles. The highest BCUT2D eigenvalue weighted by molar-refractivity contribution is 6.07. The molecule has 3 aromatic rings. The van der Waals surface area contributed by atoms with E-state index in [1.54, 1.807) is 16.7 Å². The molecule has 0 saturated heterocycles. The Bertz CT molecular complexity index is 1180. The van der Waals surface area contributed by atoms with Crippen LogP contribution in [0.4, 0.5) is 24.5 Å². The average Bonchev–Trinajstić information content (AvgIpc) is 2.80. The Morgan fingerprint density at radius 3 is 2.09 bits per heavy atom. The van der Waals surface area contributed by atoms with Crippen LogP contribution in [0.1, 0.15) is 48.7 Å². The first-order valence-electron chi connectivity index (χ1n) is 10.8. The maximum atomic E-state index is 14.4. The monoisotopic (exact) mass is 452 g/mol. The Hall–Kier alpha value is -3.61. The molecule has 3 aromatic carbocycles. The minimum Gasteiger partial charge on any atom is -0.305 e. The van der Waals surface area contributed by atoms with Crippen molar-refractivity contribution < 1.29 is 22.8 Å². The lowest BCUT2D eigenvalue weighted by Crippen LogP contribution is -2.47. The highest BCUT2D eigenvalue weighted by Gasteiger charge is 2.39. The number of carbonyl (C=O) groups excluding carboxylic acids is 2. The summed E-state index contributed by atoms with van der Waals surface area (Å²) in [5.74, 6) is -1.92. The lowest BCUT2D eigenvalue weighted by atomic mass is 9.89. The van der Waals surface area contributed by atoms with E-state index in [1.165, 1.54) is 66.7 Å². The van der Waals surface area contributed by atoms with Crippen molar-refractivity contribution in [2.24, 2.45) is 0 Å². The van der Waals surface area contributed by atoms with Gasteiger partial charge in [0.2, 0.25) is 5.91 Å². The molecule has 0 N–H and O–H groups in total. The third-order valence-corrected chi connectivity index (χ3v) is 5.91. The Morgan fingerprint density at radius 1 is 0.909 bits per heavy atom. The van der Waals surface area contributed by atoms with Crippen LogP contribution in [0.25, 0.3) is 0 Å². The molecule has 170 valence electrons. The lowest BCUT2D eigenvalue weighted by molar-refractivity contribution is -0.118. The summed E-state index contributed by atoms with van der Waals surface area (Å²) in [5, 5.41) is 0. The van der Waals surface area contributed by atoms with Crippen LogP contribution in [-0.2, 0) is 4.79 Å². The largest absolute Gasteiger partial charge is 0.305 e. The predicted octanol–water partition coefficient (Wildman–Crippen LogP) is 6.03. The molecule has 0 fully saturated rings. The van der Waals surface area contributed by atoms with Crippen molar-refractivity contribution in [2.75, 3.05) is 9.80 Å². The van der Waals surface area contributed by atoms with Crippen LogP contribution in [0.5, 0.6) is 0 Å². The Labute approximate surface area is 190 Å². The highest BCUT2D eigenvalue weighted by atomic mass is 19.1. The molecule has 0 radical (unpaired) electrons. The van der Waals surface area contributed by atoms with Gasteiger partial charge in [-0.25, -0.2) is 13.2 Å². The number of anilines is 2. The van der Waals surface area contributed by atoms with Crippen LogP contribution in [0.2, 0.25) is 0 Å². The van der Waals surface area contributed by atoms with Crippen LogP contribution in [0, 0.1) is 17.5 Å². The second-order valence-corrected chi connectivity index (χ2v) is 8.08. The first-order valence-corrected chi connectivity index (χ1v) is 10.8. The number of carbonyl (C=O) groups is 2. The predicted molar refractivity (Wildman–Crippen MR) is 121 cm³/mol. The van der Waals surface area contributed by atoms with E-state index >= 15 is 0 Å². The van der Waals surface area contributed by atoms with Crippen molar-refractivity contribution in [3.05, 3.63) is 95.3 Å². The molecular weight excluding hydrogens is 429 g/mol. The summed E-state index contributed by atoms with van der Waals surface area (Å²) < 4.78 is 41.3. The summed E-state index contributed by atoms with van der Waals surface area (Å²) in [4.78, 5) is 29.4. The van der Waals surface area contributed by atoms with Crippen molar-refractivity contribution in [1.29, 1.82) is 0 Å². The van der Waals surface area contributed by atoms with Gasteiger partial charge >= 0.3 is 0 Å². The normalized spacial score (nSPS) is 17.4. The minimum atomic E-state index is -0.555. The van der Waals surface area contributed by atoms with E-state index in [9.17, 15) is 22.8 Å². The van der Waals surface area contributed by atoms with Gasteiger partial charge in [-0.3, -0.25) is 9.59 Å². The van der Waals surface area contributed by atoms with Gasteiger partial charge in [-0.2, -0.15) is 0 Å². The first kappa shape index (κ1) is 22.6. The first-order chi connectivity index (χ1) is 15.8. The fraction of sp³-hybridized carbons (Fsp3) is 0.231. The van der Waals surface area contributed by atoms with Gasteiger partial charge in [-0.05, 0) is 80.1 Å². The summed E-state index contributed by atoms with van der Waals surface area (Å²) in [6, 6.07) is 14.0. The minimum absolute atomic E-state index is 0.200. The van der Waals surface area contributed by atoms with E-state index in [1.807, 2.05) is 6.92 Å². The van der Waals surface area contributed by atoms with Crippen LogP contribution in [0.15, 0.2) is 66.7 Å². The topological polar surface area (TPSA) is 40.6 Å². The van der Waals surface area contributed by atoms with Crippen LogP contribution in [-0.4, -0.2) is 17.9 Å². The molecule has 0 aromatic heterocycles. The maximum Gasteiger partial charge on any atom is 0.258 e. The second kappa shape index (κ2) is 9.10. The molecule has 2 atom stereocenters. The van der Waals surface area contributed by atoms with Gasteiger partial charge in [-0.1, -0.05) is 6.92 Å². The summed E-state index contributed by atoms with van der Waals surface area (Å²) in [6.45, 7) is 3.57. The standard InChI is InChI=1S/C26H23F3N2O2/c1-3-25(32)31(21-11-8-19(28)9-12-21)24-14-16(2)30(23-13-10-20(29)15-22(23)24)26(33)17-4-6-18(27)7-5-17/h4-13,15-16,24H,3,14H2,1-2H3/t16-,24+/m1/s1. The smallest absolute Gasteiger partial charge is 0.258 e. The fourth-order valence-corrected chi connectivity index (χ4v) is 4.36. The molecule has 0 unspecified atom stereocenters. The van der Waals surface area contributed by atoms with Gasteiger partial charge < -0.3 is 9.80 Å².